The maximum absolute atomic E-state index is 10.3. The van der Waals surface area contributed by atoms with Gasteiger partial charge in [-0.25, -0.2) is 0 Å². The molecule has 0 aromatic heterocycles. The topological polar surface area (TPSA) is 29.5 Å². The molecule has 1 atom stereocenters. The van der Waals surface area contributed by atoms with Crippen LogP contribution < -0.4 is 4.74 Å². The summed E-state index contributed by atoms with van der Waals surface area (Å²) in [7, 11) is 0. The molecule has 1 fully saturated rings. The van der Waals surface area contributed by atoms with Gasteiger partial charge >= 0.3 is 0 Å². The molecule has 0 amide bonds. The number of aliphatic hydroxyl groups is 1. The molecule has 0 saturated heterocycles. The highest BCUT2D eigenvalue weighted by Crippen LogP contribution is 2.27. The standard InChI is InChI=1S/C17H26O2/c1-14-7-6-10-16(13-14)19-12-11-17(18)15-8-4-2-3-5-9-15/h6-7,10,13,15,17-18H,2-5,8-9,11-12H2,1H3. The first kappa shape index (κ1) is 14.4. The minimum absolute atomic E-state index is 0.192. The Bertz CT molecular complexity index is 367. The lowest BCUT2D eigenvalue weighted by Gasteiger charge is -2.21. The largest absolute Gasteiger partial charge is 0.493 e. The Labute approximate surface area is 116 Å². The van der Waals surface area contributed by atoms with Crippen LogP contribution in [0.3, 0.4) is 0 Å². The zero-order valence-corrected chi connectivity index (χ0v) is 12.0. The smallest absolute Gasteiger partial charge is 0.119 e. The molecular formula is C17H26O2. The Morgan fingerprint density at radius 1 is 1.21 bits per heavy atom. The first-order valence-corrected chi connectivity index (χ1v) is 7.63. The second-order valence-corrected chi connectivity index (χ2v) is 5.77. The minimum atomic E-state index is -0.192. The SMILES string of the molecule is Cc1cccc(OCCC(O)C2CCCCCC2)c1. The first-order valence-electron chi connectivity index (χ1n) is 7.63. The number of rotatable bonds is 5. The van der Waals surface area contributed by atoms with Gasteiger partial charge in [-0.05, 0) is 43.4 Å². The van der Waals surface area contributed by atoms with E-state index in [1.54, 1.807) is 0 Å². The monoisotopic (exact) mass is 262 g/mol. The molecule has 19 heavy (non-hydrogen) atoms. The van der Waals surface area contributed by atoms with Crippen LogP contribution in [0.15, 0.2) is 24.3 Å². The summed E-state index contributed by atoms with van der Waals surface area (Å²) in [5.41, 5.74) is 1.21. The lowest BCUT2D eigenvalue weighted by atomic mass is 9.92. The van der Waals surface area contributed by atoms with Gasteiger partial charge in [-0.15, -0.1) is 0 Å². The zero-order chi connectivity index (χ0) is 13.5. The summed E-state index contributed by atoms with van der Waals surface area (Å²) in [6.45, 7) is 2.67. The van der Waals surface area contributed by atoms with Crippen molar-refractivity contribution < 1.29 is 9.84 Å². The average molecular weight is 262 g/mol. The number of benzene rings is 1. The summed E-state index contributed by atoms with van der Waals surface area (Å²) in [6, 6.07) is 8.09. The van der Waals surface area contributed by atoms with Gasteiger partial charge in [-0.2, -0.15) is 0 Å². The summed E-state index contributed by atoms with van der Waals surface area (Å²) in [4.78, 5) is 0. The van der Waals surface area contributed by atoms with Crippen LogP contribution in [-0.2, 0) is 0 Å². The van der Waals surface area contributed by atoms with Crippen molar-refractivity contribution in [3.05, 3.63) is 29.8 Å². The summed E-state index contributed by atoms with van der Waals surface area (Å²) in [5.74, 6) is 1.40. The number of hydrogen-bond acceptors (Lipinski definition) is 2. The maximum Gasteiger partial charge on any atom is 0.119 e. The predicted octanol–water partition coefficient (Wildman–Crippen LogP) is 4.10. The van der Waals surface area contributed by atoms with Gasteiger partial charge in [0, 0.05) is 6.42 Å². The van der Waals surface area contributed by atoms with Crippen molar-refractivity contribution >= 4 is 0 Å². The Kier molecular flexibility index (Phi) is 5.71. The number of aliphatic hydroxyl groups excluding tert-OH is 1. The zero-order valence-electron chi connectivity index (χ0n) is 12.0. The van der Waals surface area contributed by atoms with Gasteiger partial charge in [0.05, 0.1) is 12.7 Å². The quantitative estimate of drug-likeness (QED) is 0.810. The molecule has 0 heterocycles. The van der Waals surface area contributed by atoms with E-state index in [0.29, 0.717) is 12.5 Å². The van der Waals surface area contributed by atoms with E-state index in [0.717, 1.165) is 12.2 Å². The van der Waals surface area contributed by atoms with Crippen molar-refractivity contribution in [2.24, 2.45) is 5.92 Å². The molecule has 0 radical (unpaired) electrons. The van der Waals surface area contributed by atoms with Crippen molar-refractivity contribution in [1.82, 2.24) is 0 Å². The molecule has 2 rings (SSSR count). The molecule has 0 spiro atoms. The van der Waals surface area contributed by atoms with Crippen LogP contribution in [0.5, 0.6) is 5.75 Å². The summed E-state index contributed by atoms with van der Waals surface area (Å²) >= 11 is 0. The molecular weight excluding hydrogens is 236 g/mol. The molecule has 106 valence electrons. The van der Waals surface area contributed by atoms with Gasteiger partial charge in [-0.1, -0.05) is 37.8 Å². The van der Waals surface area contributed by atoms with Crippen molar-refractivity contribution in [2.75, 3.05) is 6.61 Å². The second-order valence-electron chi connectivity index (χ2n) is 5.77. The predicted molar refractivity (Wildman–Crippen MR) is 78.5 cm³/mol. The van der Waals surface area contributed by atoms with E-state index < -0.39 is 0 Å². The molecule has 1 aliphatic rings. The minimum Gasteiger partial charge on any atom is -0.493 e. The van der Waals surface area contributed by atoms with Crippen molar-refractivity contribution in [3.63, 3.8) is 0 Å². The maximum atomic E-state index is 10.3. The number of aryl methyl sites for hydroxylation is 1. The van der Waals surface area contributed by atoms with Crippen LogP contribution in [0.4, 0.5) is 0 Å². The fourth-order valence-electron chi connectivity index (χ4n) is 2.93. The fourth-order valence-corrected chi connectivity index (χ4v) is 2.93. The van der Waals surface area contributed by atoms with E-state index >= 15 is 0 Å². The van der Waals surface area contributed by atoms with Gasteiger partial charge in [0.2, 0.25) is 0 Å². The third-order valence-corrected chi connectivity index (χ3v) is 4.12. The molecule has 1 unspecified atom stereocenters. The highest BCUT2D eigenvalue weighted by molar-refractivity contribution is 5.27. The Morgan fingerprint density at radius 2 is 1.95 bits per heavy atom. The third kappa shape index (κ3) is 4.87. The molecule has 0 aliphatic heterocycles. The molecule has 1 saturated carbocycles. The van der Waals surface area contributed by atoms with E-state index in [1.165, 1.54) is 44.1 Å². The van der Waals surface area contributed by atoms with Crippen LogP contribution in [-0.4, -0.2) is 17.8 Å². The summed E-state index contributed by atoms with van der Waals surface area (Å²) in [5, 5.41) is 10.3. The van der Waals surface area contributed by atoms with Gasteiger partial charge in [0.25, 0.3) is 0 Å². The van der Waals surface area contributed by atoms with Gasteiger partial charge in [0.1, 0.15) is 5.75 Å². The van der Waals surface area contributed by atoms with Crippen LogP contribution in [0.2, 0.25) is 0 Å². The Balaban J connectivity index is 1.72. The average Bonchev–Trinajstić information content (AvgIpc) is 2.67. The lowest BCUT2D eigenvalue weighted by Crippen LogP contribution is -2.22. The van der Waals surface area contributed by atoms with Gasteiger partial charge in [-0.3, -0.25) is 0 Å². The van der Waals surface area contributed by atoms with Crippen molar-refractivity contribution in [1.29, 1.82) is 0 Å². The Hall–Kier alpha value is -1.02. The van der Waals surface area contributed by atoms with E-state index in [9.17, 15) is 5.11 Å². The Morgan fingerprint density at radius 3 is 2.63 bits per heavy atom. The van der Waals surface area contributed by atoms with E-state index in [-0.39, 0.29) is 6.10 Å². The van der Waals surface area contributed by atoms with Crippen LogP contribution >= 0.6 is 0 Å². The number of ether oxygens (including phenoxy) is 1. The van der Waals surface area contributed by atoms with Gasteiger partial charge < -0.3 is 9.84 Å². The van der Waals surface area contributed by atoms with Gasteiger partial charge in [0.15, 0.2) is 0 Å². The lowest BCUT2D eigenvalue weighted by molar-refractivity contribution is 0.0751. The summed E-state index contributed by atoms with van der Waals surface area (Å²) in [6.07, 6.45) is 8.16. The second kappa shape index (κ2) is 7.54. The summed E-state index contributed by atoms with van der Waals surface area (Å²) < 4.78 is 5.72. The van der Waals surface area contributed by atoms with E-state index in [4.69, 9.17) is 4.74 Å². The fraction of sp³-hybridized carbons (Fsp3) is 0.647. The molecule has 1 aliphatic carbocycles. The van der Waals surface area contributed by atoms with E-state index in [1.807, 2.05) is 18.2 Å². The molecule has 1 aromatic rings. The molecule has 0 bridgehead atoms. The van der Waals surface area contributed by atoms with Crippen molar-refractivity contribution in [2.45, 2.75) is 58.0 Å². The van der Waals surface area contributed by atoms with Crippen LogP contribution in [0, 0.1) is 12.8 Å². The molecule has 2 heteroatoms. The van der Waals surface area contributed by atoms with E-state index in [2.05, 4.69) is 13.0 Å². The van der Waals surface area contributed by atoms with Crippen molar-refractivity contribution in [3.8, 4) is 5.75 Å². The third-order valence-electron chi connectivity index (χ3n) is 4.12. The molecule has 1 N–H and O–H groups in total. The van der Waals surface area contributed by atoms with Crippen LogP contribution in [0.25, 0.3) is 0 Å². The highest BCUT2D eigenvalue weighted by atomic mass is 16.5. The normalized spacial score (nSPS) is 18.8. The first-order chi connectivity index (χ1) is 9.25. The molecule has 2 nitrogen and oxygen atoms in total. The molecule has 1 aromatic carbocycles. The highest BCUT2D eigenvalue weighted by Gasteiger charge is 2.20. The van der Waals surface area contributed by atoms with Crippen LogP contribution in [0.1, 0.15) is 50.5 Å². The number of hydrogen-bond donors (Lipinski definition) is 1.